The Morgan fingerprint density at radius 1 is 1.19 bits per heavy atom. The predicted octanol–water partition coefficient (Wildman–Crippen LogP) is 0.658. The van der Waals surface area contributed by atoms with Crippen LogP contribution in [0.2, 0.25) is 0 Å². The number of carboxylic acids is 1. The fourth-order valence-electron chi connectivity index (χ4n) is 2.90. The molecule has 1 unspecified atom stereocenters. The number of hydrogen-bond donors (Lipinski definition) is 4. The van der Waals surface area contributed by atoms with Crippen molar-refractivity contribution in [3.8, 4) is 0 Å². The van der Waals surface area contributed by atoms with Gasteiger partial charge in [-0.25, -0.2) is 4.79 Å². The van der Waals surface area contributed by atoms with Crippen LogP contribution in [-0.4, -0.2) is 64.7 Å². The van der Waals surface area contributed by atoms with Crippen LogP contribution >= 0.6 is 0 Å². The van der Waals surface area contributed by atoms with Gasteiger partial charge in [-0.3, -0.25) is 14.5 Å². The zero-order valence-electron chi connectivity index (χ0n) is 15.7. The van der Waals surface area contributed by atoms with Gasteiger partial charge < -0.3 is 20.8 Å². The number of hydrogen-bond acceptors (Lipinski definition) is 5. The Labute approximate surface area is 158 Å². The molecule has 4 N–H and O–H groups in total. The van der Waals surface area contributed by atoms with Crippen molar-refractivity contribution in [2.75, 3.05) is 25.0 Å². The molecule has 0 aromatic heterocycles. The van der Waals surface area contributed by atoms with Gasteiger partial charge in [0.25, 0.3) is 0 Å². The quantitative estimate of drug-likeness (QED) is 0.476. The lowest BCUT2D eigenvalue weighted by atomic mass is 10.1. The lowest BCUT2D eigenvalue weighted by Crippen LogP contribution is -2.45. The molecule has 1 fully saturated rings. The minimum absolute atomic E-state index is 0.0664. The van der Waals surface area contributed by atoms with Crippen LogP contribution < -0.4 is 10.6 Å². The minimum Gasteiger partial charge on any atom is -0.480 e. The first-order chi connectivity index (χ1) is 12.8. The summed E-state index contributed by atoms with van der Waals surface area (Å²) in [4.78, 5) is 37.2. The largest absolute Gasteiger partial charge is 0.480 e. The van der Waals surface area contributed by atoms with Crippen LogP contribution in [-0.2, 0) is 14.4 Å². The molecule has 1 aromatic rings. The summed E-state index contributed by atoms with van der Waals surface area (Å²) in [7, 11) is 0. The fourth-order valence-corrected chi connectivity index (χ4v) is 2.90. The third-order valence-electron chi connectivity index (χ3n) is 4.60. The van der Waals surface area contributed by atoms with E-state index in [9.17, 15) is 14.4 Å². The minimum atomic E-state index is -1.31. The average Bonchev–Trinajstić information content (AvgIpc) is 3.44. The van der Waals surface area contributed by atoms with Crippen LogP contribution in [0.3, 0.4) is 0 Å². The highest BCUT2D eigenvalue weighted by Gasteiger charge is 2.31. The first kappa shape index (κ1) is 20.9. The molecule has 148 valence electrons. The summed E-state index contributed by atoms with van der Waals surface area (Å²) in [5, 5.41) is 23.0. The number of aliphatic hydroxyl groups excluding tert-OH is 1. The maximum atomic E-state index is 12.5. The summed E-state index contributed by atoms with van der Waals surface area (Å²) < 4.78 is 0. The van der Waals surface area contributed by atoms with Gasteiger partial charge in [-0.2, -0.15) is 0 Å². The number of carbonyl (C=O) groups is 3. The zero-order chi connectivity index (χ0) is 20.0. The molecule has 2 amide bonds. The van der Waals surface area contributed by atoms with Gasteiger partial charge in [-0.1, -0.05) is 18.2 Å². The van der Waals surface area contributed by atoms with Crippen molar-refractivity contribution < 1.29 is 24.6 Å². The molecular weight excluding hydrogens is 350 g/mol. The van der Waals surface area contributed by atoms with Crippen molar-refractivity contribution in [2.24, 2.45) is 0 Å². The molecule has 2 rings (SSSR count). The van der Waals surface area contributed by atoms with Crippen LogP contribution in [0, 0.1) is 13.8 Å². The molecule has 1 saturated carbocycles. The van der Waals surface area contributed by atoms with Gasteiger partial charge in [0.2, 0.25) is 11.8 Å². The number of nitrogens with zero attached hydrogens (tertiary/aromatic N) is 1. The van der Waals surface area contributed by atoms with Crippen LogP contribution in [0.15, 0.2) is 18.2 Å². The molecule has 8 nitrogen and oxygen atoms in total. The summed E-state index contributed by atoms with van der Waals surface area (Å²) in [6.07, 6.45) is 2.02. The Balaban J connectivity index is 1.87. The van der Waals surface area contributed by atoms with Crippen LogP contribution in [0.25, 0.3) is 0 Å². The number of anilines is 1. The molecule has 0 heterocycles. The standard InChI is InChI=1S/C19H27N3O5/c1-12-4-3-5-13(2)18(12)21-17(25)10-22(14-6-7-14)9-8-16(24)20-15(11-23)19(26)27/h3-5,14-15,23H,6-11H2,1-2H3,(H,20,24)(H,21,25)(H,26,27). The highest BCUT2D eigenvalue weighted by molar-refractivity contribution is 5.93. The van der Waals surface area contributed by atoms with Gasteiger partial charge in [0.15, 0.2) is 0 Å². The molecule has 0 bridgehead atoms. The summed E-state index contributed by atoms with van der Waals surface area (Å²) in [6.45, 7) is 3.74. The van der Waals surface area contributed by atoms with Crippen LogP contribution in [0.5, 0.6) is 0 Å². The summed E-state index contributed by atoms with van der Waals surface area (Å²) >= 11 is 0. The normalized spacial score (nSPS) is 14.7. The molecule has 0 spiro atoms. The summed E-state index contributed by atoms with van der Waals surface area (Å²) in [6, 6.07) is 4.78. The Bertz CT molecular complexity index is 682. The van der Waals surface area contributed by atoms with Crippen molar-refractivity contribution in [1.29, 1.82) is 0 Å². The highest BCUT2D eigenvalue weighted by Crippen LogP contribution is 2.27. The second-order valence-electron chi connectivity index (χ2n) is 6.91. The number of benzene rings is 1. The predicted molar refractivity (Wildman–Crippen MR) is 100 cm³/mol. The third kappa shape index (κ3) is 6.33. The van der Waals surface area contributed by atoms with Crippen LogP contribution in [0.4, 0.5) is 5.69 Å². The summed E-state index contributed by atoms with van der Waals surface area (Å²) in [5.41, 5.74) is 2.79. The number of amides is 2. The first-order valence-corrected chi connectivity index (χ1v) is 9.05. The number of aliphatic hydroxyl groups is 1. The van der Waals surface area contributed by atoms with E-state index in [0.717, 1.165) is 29.7 Å². The Kier molecular flexibility index (Phi) is 7.32. The van der Waals surface area contributed by atoms with E-state index in [1.807, 2.05) is 36.9 Å². The third-order valence-corrected chi connectivity index (χ3v) is 4.60. The molecule has 1 atom stereocenters. The van der Waals surface area contributed by atoms with Crippen molar-refractivity contribution >= 4 is 23.5 Å². The second-order valence-corrected chi connectivity index (χ2v) is 6.91. The number of carboxylic acid groups (broad SMARTS) is 1. The number of aryl methyl sites for hydroxylation is 2. The molecule has 0 aliphatic heterocycles. The summed E-state index contributed by atoms with van der Waals surface area (Å²) in [5.74, 6) is -1.88. The van der Waals surface area contributed by atoms with Crippen molar-refractivity contribution in [2.45, 2.75) is 45.2 Å². The maximum absolute atomic E-state index is 12.5. The zero-order valence-corrected chi connectivity index (χ0v) is 15.7. The van der Waals surface area contributed by atoms with Gasteiger partial charge in [-0.05, 0) is 37.8 Å². The van der Waals surface area contributed by atoms with Gasteiger partial charge in [-0.15, -0.1) is 0 Å². The Morgan fingerprint density at radius 2 is 1.81 bits per heavy atom. The van der Waals surface area contributed by atoms with Gasteiger partial charge in [0, 0.05) is 24.7 Å². The van der Waals surface area contributed by atoms with E-state index in [1.165, 1.54) is 0 Å². The molecule has 0 radical (unpaired) electrons. The number of nitrogens with one attached hydrogen (secondary N) is 2. The van der Waals surface area contributed by atoms with E-state index in [0.29, 0.717) is 6.54 Å². The van der Waals surface area contributed by atoms with Crippen molar-refractivity contribution in [3.05, 3.63) is 29.3 Å². The average molecular weight is 377 g/mol. The van der Waals surface area contributed by atoms with Crippen molar-refractivity contribution in [3.63, 3.8) is 0 Å². The smallest absolute Gasteiger partial charge is 0.328 e. The fraction of sp³-hybridized carbons (Fsp3) is 0.526. The SMILES string of the molecule is Cc1cccc(C)c1NC(=O)CN(CCC(=O)NC(CO)C(=O)O)C1CC1. The lowest BCUT2D eigenvalue weighted by Gasteiger charge is -2.22. The van der Waals surface area contributed by atoms with E-state index >= 15 is 0 Å². The van der Waals surface area contributed by atoms with E-state index in [4.69, 9.17) is 10.2 Å². The number of para-hydroxylation sites is 1. The van der Waals surface area contributed by atoms with Gasteiger partial charge in [0.05, 0.1) is 13.2 Å². The topological polar surface area (TPSA) is 119 Å². The first-order valence-electron chi connectivity index (χ1n) is 9.05. The number of carbonyl (C=O) groups excluding carboxylic acids is 2. The number of aliphatic carboxylic acids is 1. The van der Waals surface area contributed by atoms with Gasteiger partial charge in [0.1, 0.15) is 6.04 Å². The van der Waals surface area contributed by atoms with Crippen molar-refractivity contribution in [1.82, 2.24) is 10.2 Å². The second kappa shape index (κ2) is 9.48. The lowest BCUT2D eigenvalue weighted by molar-refractivity contribution is -0.143. The van der Waals surface area contributed by atoms with E-state index in [2.05, 4.69) is 10.6 Å². The maximum Gasteiger partial charge on any atom is 0.328 e. The monoisotopic (exact) mass is 377 g/mol. The van der Waals surface area contributed by atoms with E-state index in [-0.39, 0.29) is 24.9 Å². The molecule has 1 aromatic carbocycles. The van der Waals surface area contributed by atoms with Gasteiger partial charge >= 0.3 is 5.97 Å². The Morgan fingerprint density at radius 3 is 2.33 bits per heavy atom. The Hall–Kier alpha value is -2.45. The molecule has 27 heavy (non-hydrogen) atoms. The molecular formula is C19H27N3O5. The molecule has 0 saturated heterocycles. The van der Waals surface area contributed by atoms with Crippen LogP contribution in [0.1, 0.15) is 30.4 Å². The molecule has 8 heteroatoms. The highest BCUT2D eigenvalue weighted by atomic mass is 16.4. The van der Waals surface area contributed by atoms with E-state index in [1.54, 1.807) is 0 Å². The molecule has 1 aliphatic carbocycles. The number of rotatable bonds is 10. The van der Waals surface area contributed by atoms with E-state index < -0.39 is 24.5 Å². The molecule has 1 aliphatic rings.